The molecule has 2 N–H and O–H groups in total. The molecule has 2 fully saturated rings. The van der Waals surface area contributed by atoms with Gasteiger partial charge in [0, 0.05) is 11.6 Å². The monoisotopic (exact) mass is 321 g/mol. The van der Waals surface area contributed by atoms with Crippen molar-refractivity contribution in [3.8, 4) is 0 Å². The third-order valence-corrected chi connectivity index (χ3v) is 5.60. The molecule has 3 rings (SSSR count). The van der Waals surface area contributed by atoms with Gasteiger partial charge in [0.25, 0.3) is 0 Å². The van der Waals surface area contributed by atoms with Crippen LogP contribution in [0.5, 0.6) is 0 Å². The van der Waals surface area contributed by atoms with Gasteiger partial charge in [0.1, 0.15) is 0 Å². The van der Waals surface area contributed by atoms with Gasteiger partial charge in [0.2, 0.25) is 5.91 Å². The normalized spacial score (nSPS) is 27.0. The van der Waals surface area contributed by atoms with Crippen molar-refractivity contribution in [1.82, 2.24) is 5.32 Å². The molecule has 2 unspecified atom stereocenters. The highest BCUT2D eigenvalue weighted by Crippen LogP contribution is 2.44. The molecule has 1 amide bonds. The van der Waals surface area contributed by atoms with Crippen molar-refractivity contribution in [3.05, 3.63) is 34.9 Å². The van der Waals surface area contributed by atoms with E-state index < -0.39 is 0 Å². The summed E-state index contributed by atoms with van der Waals surface area (Å²) in [5, 5.41) is 13.6. The molecule has 1 aromatic carbocycles. The highest BCUT2D eigenvalue weighted by Gasteiger charge is 2.45. The van der Waals surface area contributed by atoms with Gasteiger partial charge in [0.15, 0.2) is 0 Å². The predicted molar refractivity (Wildman–Crippen MR) is 88.0 cm³/mol. The quantitative estimate of drug-likeness (QED) is 0.892. The van der Waals surface area contributed by atoms with E-state index in [0.717, 1.165) is 50.5 Å². The molecule has 2 aliphatic rings. The highest BCUT2D eigenvalue weighted by molar-refractivity contribution is 6.30. The van der Waals surface area contributed by atoms with Crippen LogP contribution in [0.25, 0.3) is 0 Å². The first-order valence-corrected chi connectivity index (χ1v) is 8.70. The van der Waals surface area contributed by atoms with Crippen molar-refractivity contribution in [3.63, 3.8) is 0 Å². The number of hydrogen-bond donors (Lipinski definition) is 2. The summed E-state index contributed by atoms with van der Waals surface area (Å²) >= 11 is 5.95. The maximum absolute atomic E-state index is 12.8. The van der Waals surface area contributed by atoms with Crippen LogP contribution < -0.4 is 5.32 Å². The Morgan fingerprint density at radius 3 is 2.55 bits per heavy atom. The molecular formula is C18H24ClNO2. The van der Waals surface area contributed by atoms with Crippen molar-refractivity contribution in [2.45, 2.75) is 56.5 Å². The van der Waals surface area contributed by atoms with Crippen LogP contribution in [0.2, 0.25) is 5.02 Å². The van der Waals surface area contributed by atoms with Crippen molar-refractivity contribution < 1.29 is 9.90 Å². The molecule has 3 nitrogen and oxygen atoms in total. The molecule has 1 aromatic rings. The lowest BCUT2D eigenvalue weighted by atomic mass is 9.63. The number of carbonyl (C=O) groups excluding carboxylic acids is 1. The summed E-state index contributed by atoms with van der Waals surface area (Å²) in [5.74, 6) is 0.552. The minimum Gasteiger partial charge on any atom is -0.393 e. The van der Waals surface area contributed by atoms with Crippen LogP contribution >= 0.6 is 11.6 Å². The van der Waals surface area contributed by atoms with Gasteiger partial charge in [-0.1, -0.05) is 36.6 Å². The minimum absolute atomic E-state index is 0.140. The Morgan fingerprint density at radius 2 is 1.95 bits per heavy atom. The summed E-state index contributed by atoms with van der Waals surface area (Å²) in [4.78, 5) is 12.8. The van der Waals surface area contributed by atoms with Crippen LogP contribution in [0.4, 0.5) is 0 Å². The van der Waals surface area contributed by atoms with E-state index in [1.807, 2.05) is 24.3 Å². The topological polar surface area (TPSA) is 49.3 Å². The van der Waals surface area contributed by atoms with E-state index in [1.54, 1.807) is 0 Å². The Labute approximate surface area is 137 Å². The van der Waals surface area contributed by atoms with E-state index in [-0.39, 0.29) is 17.4 Å². The minimum atomic E-state index is -0.363. The van der Waals surface area contributed by atoms with Gasteiger partial charge in [0.05, 0.1) is 11.5 Å². The molecule has 2 aliphatic carbocycles. The Kier molecular flexibility index (Phi) is 4.74. The van der Waals surface area contributed by atoms with Gasteiger partial charge in [-0.25, -0.2) is 0 Å². The van der Waals surface area contributed by atoms with Crippen LogP contribution in [-0.4, -0.2) is 23.7 Å². The van der Waals surface area contributed by atoms with Crippen molar-refractivity contribution in [2.24, 2.45) is 5.92 Å². The Hall–Kier alpha value is -1.06. The zero-order valence-corrected chi connectivity index (χ0v) is 13.6. The van der Waals surface area contributed by atoms with Crippen LogP contribution in [0, 0.1) is 5.92 Å². The van der Waals surface area contributed by atoms with Gasteiger partial charge in [-0.2, -0.15) is 0 Å². The molecule has 0 radical (unpaired) electrons. The van der Waals surface area contributed by atoms with Crippen molar-refractivity contribution >= 4 is 17.5 Å². The highest BCUT2D eigenvalue weighted by atomic mass is 35.5. The second-order valence-electron chi connectivity index (χ2n) is 6.84. The van der Waals surface area contributed by atoms with E-state index in [4.69, 9.17) is 11.6 Å². The van der Waals surface area contributed by atoms with Gasteiger partial charge >= 0.3 is 0 Å². The molecule has 0 aliphatic heterocycles. The summed E-state index contributed by atoms with van der Waals surface area (Å²) in [6.07, 6.45) is 6.60. The molecule has 2 saturated carbocycles. The third kappa shape index (κ3) is 3.16. The second-order valence-corrected chi connectivity index (χ2v) is 7.28. The number of nitrogens with one attached hydrogen (secondary N) is 1. The fraction of sp³-hybridized carbons (Fsp3) is 0.611. The number of hydrogen-bond acceptors (Lipinski definition) is 2. The van der Waals surface area contributed by atoms with Gasteiger partial charge < -0.3 is 10.4 Å². The van der Waals surface area contributed by atoms with Crippen molar-refractivity contribution in [1.29, 1.82) is 0 Å². The molecule has 2 atom stereocenters. The summed E-state index contributed by atoms with van der Waals surface area (Å²) in [6.45, 7) is 0.686. The molecule has 22 heavy (non-hydrogen) atoms. The van der Waals surface area contributed by atoms with E-state index in [2.05, 4.69) is 5.32 Å². The Balaban J connectivity index is 1.63. The van der Waals surface area contributed by atoms with Crippen molar-refractivity contribution in [2.75, 3.05) is 6.54 Å². The molecule has 120 valence electrons. The lowest BCUT2D eigenvalue weighted by molar-refractivity contribution is -0.130. The molecule has 4 heteroatoms. The maximum atomic E-state index is 12.8. The fourth-order valence-electron chi connectivity index (χ4n) is 3.80. The van der Waals surface area contributed by atoms with Crippen LogP contribution in [0.3, 0.4) is 0 Å². The maximum Gasteiger partial charge on any atom is 0.230 e. The first-order valence-electron chi connectivity index (χ1n) is 8.32. The zero-order chi connectivity index (χ0) is 15.6. The van der Waals surface area contributed by atoms with Gasteiger partial charge in [-0.15, -0.1) is 0 Å². The molecule has 0 saturated heterocycles. The number of benzene rings is 1. The van der Waals surface area contributed by atoms with E-state index in [0.29, 0.717) is 17.5 Å². The predicted octanol–water partition coefficient (Wildman–Crippen LogP) is 3.43. The summed E-state index contributed by atoms with van der Waals surface area (Å²) in [6, 6.07) is 7.68. The van der Waals surface area contributed by atoms with Crippen LogP contribution in [0.1, 0.15) is 50.5 Å². The smallest absolute Gasteiger partial charge is 0.230 e. The largest absolute Gasteiger partial charge is 0.393 e. The average Bonchev–Trinajstić information content (AvgIpc) is 2.46. The third-order valence-electron chi connectivity index (χ3n) is 5.34. The SMILES string of the molecule is O=C(NCC1CCCC(O)C1)C1(c2ccc(Cl)cc2)CCC1. The lowest BCUT2D eigenvalue weighted by Gasteiger charge is -2.41. The summed E-state index contributed by atoms with van der Waals surface area (Å²) in [7, 11) is 0. The number of carbonyl (C=O) groups is 1. The first kappa shape index (κ1) is 15.8. The number of aliphatic hydroxyl groups excluding tert-OH is 1. The van der Waals surface area contributed by atoms with Crippen LogP contribution in [-0.2, 0) is 10.2 Å². The molecule has 0 aromatic heterocycles. The van der Waals surface area contributed by atoms with Gasteiger partial charge in [-0.05, 0) is 55.7 Å². The Bertz CT molecular complexity index is 524. The zero-order valence-electron chi connectivity index (χ0n) is 12.9. The molecular weight excluding hydrogens is 298 g/mol. The summed E-state index contributed by atoms with van der Waals surface area (Å²) in [5.41, 5.74) is 0.710. The number of rotatable bonds is 4. The lowest BCUT2D eigenvalue weighted by Crippen LogP contribution is -2.50. The molecule has 0 bridgehead atoms. The second kappa shape index (κ2) is 6.59. The molecule has 0 spiro atoms. The van der Waals surface area contributed by atoms with Gasteiger partial charge in [-0.3, -0.25) is 4.79 Å². The fourth-order valence-corrected chi connectivity index (χ4v) is 3.93. The van der Waals surface area contributed by atoms with Crippen LogP contribution in [0.15, 0.2) is 24.3 Å². The summed E-state index contributed by atoms with van der Waals surface area (Å²) < 4.78 is 0. The average molecular weight is 322 g/mol. The van der Waals surface area contributed by atoms with E-state index in [9.17, 15) is 9.90 Å². The van der Waals surface area contributed by atoms with E-state index in [1.165, 1.54) is 0 Å². The number of amides is 1. The number of aliphatic hydroxyl groups is 1. The first-order chi connectivity index (χ1) is 10.6. The number of halogens is 1. The molecule has 0 heterocycles. The Morgan fingerprint density at radius 1 is 1.23 bits per heavy atom. The van der Waals surface area contributed by atoms with E-state index >= 15 is 0 Å². The standard InChI is InChI=1S/C18H24ClNO2/c19-15-7-5-14(6-8-15)18(9-2-10-18)17(22)20-12-13-3-1-4-16(21)11-13/h5-8,13,16,21H,1-4,9-12H2,(H,20,22).